The summed E-state index contributed by atoms with van der Waals surface area (Å²) in [5.41, 5.74) is -2.85. The smallest absolute Gasteiger partial charge is 0.303 e. The number of carbonyl (C=O) groups excluding carboxylic acids is 13. The molecule has 0 rings (SSSR count). The Labute approximate surface area is 386 Å². The molecule has 0 aliphatic rings. The molecule has 0 amide bonds. The lowest BCUT2D eigenvalue weighted by Gasteiger charge is -2.23. The van der Waals surface area contributed by atoms with Gasteiger partial charge < -0.3 is 143 Å². The van der Waals surface area contributed by atoms with E-state index in [1.54, 1.807) is 0 Å². The Morgan fingerprint density at radius 3 is 0.612 bits per heavy atom. The Morgan fingerprint density at radius 2 is 0.597 bits per heavy atom. The van der Waals surface area contributed by atoms with Gasteiger partial charge in [-0.2, -0.15) is 0 Å². The number of methoxy groups -OCH3 is 2. The second kappa shape index (κ2) is 65.6. The minimum atomic E-state index is -1.69. The van der Waals surface area contributed by atoms with Gasteiger partial charge in [0.05, 0.1) is 48.7 Å². The first-order chi connectivity index (χ1) is 29.9. The van der Waals surface area contributed by atoms with Crippen molar-refractivity contribution in [2.24, 2.45) is 0 Å². The minimum Gasteiger partial charge on any atom is -0.550 e. The van der Waals surface area contributed by atoms with Gasteiger partial charge in [-0.3, -0.25) is 4.79 Å². The lowest BCUT2D eigenvalue weighted by atomic mass is 10.1. The van der Waals surface area contributed by atoms with Gasteiger partial charge in [0.1, 0.15) is 12.2 Å². The van der Waals surface area contributed by atoms with Gasteiger partial charge in [-0.05, 0) is 73.6 Å². The summed E-state index contributed by atoms with van der Waals surface area (Å²) in [5.74, 6) is -14.4. The van der Waals surface area contributed by atoms with E-state index >= 15 is 0 Å². The van der Waals surface area contributed by atoms with Crippen molar-refractivity contribution < 1.29 is 148 Å². The molecule has 67 heavy (non-hydrogen) atoms. The molecule has 0 aliphatic heterocycles. The van der Waals surface area contributed by atoms with Gasteiger partial charge in [0.25, 0.3) is 0 Å². The Bertz CT molecular complexity index is 1200. The molecule has 0 bridgehead atoms. The van der Waals surface area contributed by atoms with E-state index in [0.29, 0.717) is 0 Å². The van der Waals surface area contributed by atoms with Crippen LogP contribution in [0.4, 0.5) is 0 Å². The summed E-state index contributed by atoms with van der Waals surface area (Å²) in [6, 6.07) is 0. The summed E-state index contributed by atoms with van der Waals surface area (Å²) in [4.78, 5) is 121. The fourth-order valence-corrected chi connectivity index (χ4v) is 0.362. The van der Waals surface area contributed by atoms with Crippen molar-refractivity contribution in [2.75, 3.05) is 34.0 Å². The Kier molecular flexibility index (Phi) is 88.7. The first-order valence-electron chi connectivity index (χ1n) is 17.8. The summed E-state index contributed by atoms with van der Waals surface area (Å²) >= 11 is 0. The number of ether oxygens (including phenoxy) is 3. The lowest BCUT2D eigenvalue weighted by Crippen LogP contribution is -2.44. The molecular weight excluding hydrogens is 924 g/mol. The molecule has 0 aromatic heterocycles. The number of hydrogen-bond acceptors (Lipinski definition) is 30. The summed E-state index contributed by atoms with van der Waals surface area (Å²) in [6.07, 6.45) is 0.556. The number of carboxylic acid groups (broad SMARTS) is 12. The number of hydrogen-bond donors (Lipinski definition) is 2. The number of carboxylic acids is 12. The average molecular weight is 985 g/mol. The van der Waals surface area contributed by atoms with Crippen LogP contribution in [0.3, 0.4) is 0 Å². The maximum atomic E-state index is 10.0. The topological polar surface area (TPSA) is 567 Å². The van der Waals surface area contributed by atoms with E-state index in [1.165, 1.54) is 62.7 Å². The standard InChI is InChI=1S/C5H10O3.C4H6O4.C4H8O3.C3H6O3.5C3H6O2.C2H4O3.2C2H4O2/c1-5(2,8-3)4(6)7;1-3(5)8-2-4(6)7;1-4(2,7)3(5)6;1-6-2-3(4)5;5*1-2-3(4)5;3-1-2(4)5;2*1-2(3)4/h1-3H3,(H,6,7);2H2,1H3,(H,6,7);7H,1-2H3,(H,5,6);2H2,1H3,(H,4,5);5*2H2,1H3,(H,4,5);3H,1H2,(H,4,5);2*1H3,(H,3,4)/p-12. The van der Waals surface area contributed by atoms with Crippen molar-refractivity contribution in [3.05, 3.63) is 0 Å². The first kappa shape index (κ1) is 90.6. The molecule has 0 saturated carbocycles. The van der Waals surface area contributed by atoms with Gasteiger partial charge in [-0.25, -0.2) is 0 Å². The lowest BCUT2D eigenvalue weighted by molar-refractivity contribution is -0.324. The van der Waals surface area contributed by atoms with E-state index in [1.807, 2.05) is 0 Å². The largest absolute Gasteiger partial charge is 0.550 e. The molecule has 0 aromatic carbocycles. The summed E-state index contributed by atoms with van der Waals surface area (Å²) in [6.45, 7) is 14.1. The van der Waals surface area contributed by atoms with Gasteiger partial charge in [-0.1, -0.05) is 34.6 Å². The van der Waals surface area contributed by atoms with Crippen molar-refractivity contribution >= 4 is 77.6 Å². The van der Waals surface area contributed by atoms with Gasteiger partial charge in [0, 0.05) is 62.9 Å². The maximum absolute atomic E-state index is 10.0. The van der Waals surface area contributed by atoms with Gasteiger partial charge >= 0.3 is 5.97 Å². The first-order valence-corrected chi connectivity index (χ1v) is 17.8. The number of rotatable bonds is 13. The van der Waals surface area contributed by atoms with Crippen LogP contribution in [0.2, 0.25) is 0 Å². The Morgan fingerprint density at radius 1 is 0.418 bits per heavy atom. The molecule has 0 atom stereocenters. The monoisotopic (exact) mass is 984 g/mol. The van der Waals surface area contributed by atoms with Gasteiger partial charge in [0.2, 0.25) is 0 Å². The van der Waals surface area contributed by atoms with Crippen LogP contribution in [0.15, 0.2) is 0 Å². The van der Waals surface area contributed by atoms with Crippen LogP contribution >= 0.6 is 0 Å². The minimum absolute atomic E-state index is 0.111. The number of carbonyl (C=O) groups is 13. The molecule has 0 saturated heterocycles. The Balaban J connectivity index is -0.0000000496. The number of aliphatic hydroxyl groups is 2. The van der Waals surface area contributed by atoms with Crippen molar-refractivity contribution in [1.82, 2.24) is 0 Å². The normalized spacial score (nSPS) is 8.30. The zero-order chi connectivity index (χ0) is 57.3. The third-order valence-electron chi connectivity index (χ3n) is 3.73. The van der Waals surface area contributed by atoms with Crippen LogP contribution < -0.4 is 61.3 Å². The predicted octanol–water partition coefficient (Wildman–Crippen LogP) is -14.7. The van der Waals surface area contributed by atoms with Crippen LogP contribution in [0.1, 0.15) is 115 Å². The number of aliphatic carboxylic acids is 12. The molecule has 0 radical (unpaired) electrons. The van der Waals surface area contributed by atoms with Crippen LogP contribution in [-0.4, -0.2) is 133 Å². The fraction of sp³-hybridized carbons (Fsp3) is 0.649. The van der Waals surface area contributed by atoms with Gasteiger partial charge in [0.15, 0.2) is 0 Å². The molecule has 2 N–H and O–H groups in total. The summed E-state index contributed by atoms with van der Waals surface area (Å²) < 4.78 is 12.7. The van der Waals surface area contributed by atoms with Crippen molar-refractivity contribution in [3.8, 4) is 0 Å². The fourth-order valence-electron chi connectivity index (χ4n) is 0.362. The second-order valence-electron chi connectivity index (χ2n) is 10.9. The highest BCUT2D eigenvalue weighted by Gasteiger charge is 2.16. The number of aliphatic hydroxyl groups excluding tert-OH is 1. The third kappa shape index (κ3) is 245. The maximum Gasteiger partial charge on any atom is 0.303 e. The second-order valence-corrected chi connectivity index (χ2v) is 10.9. The van der Waals surface area contributed by atoms with Gasteiger partial charge in [-0.15, -0.1) is 0 Å². The molecular formula is C37H60O30-12. The van der Waals surface area contributed by atoms with Crippen LogP contribution in [0.25, 0.3) is 0 Å². The summed E-state index contributed by atoms with van der Waals surface area (Å²) in [5, 5.41) is 128. The zero-order valence-electron chi connectivity index (χ0n) is 39.5. The third-order valence-corrected chi connectivity index (χ3v) is 3.73. The highest BCUT2D eigenvalue weighted by molar-refractivity contribution is 5.74. The highest BCUT2D eigenvalue weighted by Crippen LogP contribution is 2.03. The molecule has 0 aliphatic carbocycles. The molecule has 400 valence electrons. The van der Waals surface area contributed by atoms with E-state index < -0.39 is 102 Å². The van der Waals surface area contributed by atoms with Crippen LogP contribution in [0, 0.1) is 0 Å². The predicted molar refractivity (Wildman–Crippen MR) is 196 cm³/mol. The molecule has 0 fully saturated rings. The van der Waals surface area contributed by atoms with Crippen LogP contribution in [0.5, 0.6) is 0 Å². The van der Waals surface area contributed by atoms with E-state index in [4.69, 9.17) is 39.9 Å². The van der Waals surface area contributed by atoms with Crippen LogP contribution in [-0.2, 0) is 76.5 Å². The van der Waals surface area contributed by atoms with E-state index in [2.05, 4.69) is 14.2 Å². The SMILES string of the molecule is CC(=O)OCC(=O)[O-].CC(=O)[O-].CC(=O)[O-].CC(C)(O)C(=O)[O-].CCC(=O)[O-].CCC(=O)[O-].CCC(=O)[O-].CCC(=O)[O-].CCC(=O)[O-].COC(C)(C)C(=O)[O-].COCC(=O)[O-].O=C([O-])CO. The molecule has 30 nitrogen and oxygen atoms in total. The van der Waals surface area contributed by atoms with E-state index in [-0.39, 0.29) is 38.7 Å². The quantitative estimate of drug-likeness (QED) is 0.162. The van der Waals surface area contributed by atoms with E-state index in [0.717, 1.165) is 34.6 Å². The molecule has 30 heteroatoms. The number of esters is 1. The zero-order valence-corrected chi connectivity index (χ0v) is 39.5. The van der Waals surface area contributed by atoms with E-state index in [9.17, 15) is 93.9 Å². The van der Waals surface area contributed by atoms with Crippen molar-refractivity contribution in [3.63, 3.8) is 0 Å². The summed E-state index contributed by atoms with van der Waals surface area (Å²) in [7, 11) is 2.63. The average Bonchev–Trinajstić information content (AvgIpc) is 3.18. The molecule has 0 heterocycles. The molecule has 0 spiro atoms. The molecule has 0 aromatic rings. The van der Waals surface area contributed by atoms with Crippen molar-refractivity contribution in [2.45, 2.75) is 126 Å². The molecule has 0 unspecified atom stereocenters. The van der Waals surface area contributed by atoms with Crippen molar-refractivity contribution in [1.29, 1.82) is 0 Å². The Hall–Kier alpha value is -7.05. The highest BCUT2D eigenvalue weighted by atomic mass is 16.6.